The van der Waals surface area contributed by atoms with E-state index in [4.69, 9.17) is 24.7 Å². The van der Waals surface area contributed by atoms with Gasteiger partial charge in [-0.3, -0.25) is 9.69 Å². The first-order valence-electron chi connectivity index (χ1n) is 11.9. The van der Waals surface area contributed by atoms with Gasteiger partial charge in [-0.25, -0.2) is 14.6 Å². The van der Waals surface area contributed by atoms with Gasteiger partial charge in [-0.15, -0.1) is 0 Å². The van der Waals surface area contributed by atoms with Gasteiger partial charge in [0, 0.05) is 19.7 Å². The van der Waals surface area contributed by atoms with Crippen LogP contribution in [0.2, 0.25) is 0 Å². The van der Waals surface area contributed by atoms with Crippen LogP contribution in [0.4, 0.5) is 4.79 Å². The topological polar surface area (TPSA) is 169 Å². The van der Waals surface area contributed by atoms with Crippen molar-refractivity contribution < 1.29 is 33.3 Å². The summed E-state index contributed by atoms with van der Waals surface area (Å²) in [6, 6.07) is 5.96. The van der Waals surface area contributed by atoms with E-state index in [2.05, 4.69) is 16.4 Å². The van der Waals surface area contributed by atoms with Gasteiger partial charge in [-0.1, -0.05) is 23.9 Å². The maximum Gasteiger partial charge on any atom is 0.338 e. The van der Waals surface area contributed by atoms with Crippen molar-refractivity contribution in [3.05, 3.63) is 46.6 Å². The number of nitrogens with zero attached hydrogens (tertiary/aromatic N) is 4. The number of carbonyl (C=O) groups is 3. The molecule has 206 valence electrons. The molecule has 1 aromatic carbocycles. The first kappa shape index (κ1) is 27.6. The number of fused-ring (bicyclic) bond motifs is 1. The molecular weight excluding hydrogens is 528 g/mol. The number of aliphatic imine (C=N–C) groups is 1. The summed E-state index contributed by atoms with van der Waals surface area (Å²) in [5.74, 6) is -1.32. The van der Waals surface area contributed by atoms with Gasteiger partial charge in [0.15, 0.2) is 22.8 Å². The van der Waals surface area contributed by atoms with Crippen LogP contribution < -0.4 is 20.5 Å². The molecule has 0 unspecified atom stereocenters. The zero-order valence-corrected chi connectivity index (χ0v) is 22.8. The second-order valence-corrected chi connectivity index (χ2v) is 9.58. The smallest absolute Gasteiger partial charge is 0.338 e. The molecule has 0 aromatic heterocycles. The Labute approximate surface area is 229 Å². The minimum Gasteiger partial charge on any atom is -0.493 e. The SMILES string of the molecule is CCOC(=O)C1=C(CSC2=N[C@H]3[C@H](N2)C(=O)N(C)C(=O)N3C)OC(N)=C(C#N)[C@@H]1c1cccc(OC)c1OC. The van der Waals surface area contributed by atoms with E-state index in [1.165, 1.54) is 26.2 Å². The van der Waals surface area contributed by atoms with Crippen molar-refractivity contribution in [1.29, 1.82) is 5.26 Å². The van der Waals surface area contributed by atoms with Crippen LogP contribution in [0, 0.1) is 11.3 Å². The second kappa shape index (κ2) is 11.2. The molecule has 13 nitrogen and oxygen atoms in total. The first-order chi connectivity index (χ1) is 18.7. The van der Waals surface area contributed by atoms with E-state index >= 15 is 0 Å². The number of nitriles is 1. The van der Waals surface area contributed by atoms with Crippen LogP contribution in [0.15, 0.2) is 46.0 Å². The largest absolute Gasteiger partial charge is 0.493 e. The number of ether oxygens (including phenoxy) is 4. The fourth-order valence-corrected chi connectivity index (χ4v) is 5.49. The van der Waals surface area contributed by atoms with Gasteiger partial charge >= 0.3 is 12.0 Å². The summed E-state index contributed by atoms with van der Waals surface area (Å²) >= 11 is 1.15. The lowest BCUT2D eigenvalue weighted by molar-refractivity contribution is -0.139. The monoisotopic (exact) mass is 556 g/mol. The molecule has 0 aliphatic carbocycles. The molecule has 1 fully saturated rings. The van der Waals surface area contributed by atoms with Crippen LogP contribution in [0.25, 0.3) is 0 Å². The highest BCUT2D eigenvalue weighted by molar-refractivity contribution is 8.14. The molecular formula is C25H28N6O7S. The number of imide groups is 1. The van der Waals surface area contributed by atoms with Crippen molar-refractivity contribution in [1.82, 2.24) is 15.1 Å². The highest BCUT2D eigenvalue weighted by atomic mass is 32.2. The summed E-state index contributed by atoms with van der Waals surface area (Å²) < 4.78 is 22.2. The van der Waals surface area contributed by atoms with Crippen molar-refractivity contribution >= 4 is 34.8 Å². The molecule has 14 heteroatoms. The molecule has 0 bridgehead atoms. The number of methoxy groups -OCH3 is 2. The van der Waals surface area contributed by atoms with Gasteiger partial charge in [0.25, 0.3) is 5.91 Å². The molecule has 0 radical (unpaired) electrons. The van der Waals surface area contributed by atoms with Crippen LogP contribution >= 0.6 is 11.8 Å². The Hall–Kier alpha value is -4.38. The van der Waals surface area contributed by atoms with Gasteiger partial charge in [0.1, 0.15) is 23.4 Å². The Morgan fingerprint density at radius 1 is 1.28 bits per heavy atom. The maximum atomic E-state index is 13.3. The van der Waals surface area contributed by atoms with Crippen LogP contribution in [-0.2, 0) is 19.1 Å². The minimum absolute atomic E-state index is 0.00878. The predicted molar refractivity (Wildman–Crippen MR) is 140 cm³/mol. The van der Waals surface area contributed by atoms with E-state index in [-0.39, 0.29) is 35.1 Å². The molecule has 3 aliphatic rings. The number of nitrogens with one attached hydrogen (secondary N) is 1. The quantitative estimate of drug-likeness (QED) is 0.463. The molecule has 4 rings (SSSR count). The number of nitrogens with two attached hydrogens (primary N) is 1. The van der Waals surface area contributed by atoms with E-state index in [0.717, 1.165) is 16.7 Å². The van der Waals surface area contributed by atoms with Gasteiger partial charge in [-0.05, 0) is 13.0 Å². The molecule has 3 aliphatic heterocycles. The Morgan fingerprint density at radius 3 is 2.67 bits per heavy atom. The van der Waals surface area contributed by atoms with Crippen molar-refractivity contribution in [2.24, 2.45) is 10.7 Å². The molecule has 0 saturated carbocycles. The average molecular weight is 557 g/mol. The number of carbonyl (C=O) groups excluding carboxylic acids is 3. The number of urea groups is 1. The number of benzene rings is 1. The number of allylic oxidation sites excluding steroid dienone is 1. The summed E-state index contributed by atoms with van der Waals surface area (Å²) in [5, 5.41) is 13.4. The minimum atomic E-state index is -0.969. The molecule has 0 spiro atoms. The standard InChI is InChI=1S/C25H28N6O7S/c1-6-37-23(33)17-15(11-39-24-28-18-21(29-24)30(2)25(34)31(3)22(18)32)38-20(27)13(10-26)16(17)12-8-7-9-14(35-4)19(12)36-5/h7-9,16,18,21H,6,11,27H2,1-5H3,(H,28,29)/t16-,18-,21+/m0/s1. The van der Waals surface area contributed by atoms with Crippen LogP contribution in [0.5, 0.6) is 11.5 Å². The molecule has 3 atom stereocenters. The number of para-hydroxylation sites is 1. The lowest BCUT2D eigenvalue weighted by atomic mass is 9.82. The summed E-state index contributed by atoms with van der Waals surface area (Å²) in [5.41, 5.74) is 6.72. The van der Waals surface area contributed by atoms with Crippen molar-refractivity contribution in [2.75, 3.05) is 40.7 Å². The number of hydrogen-bond donors (Lipinski definition) is 2. The molecule has 1 saturated heterocycles. The van der Waals surface area contributed by atoms with Crippen molar-refractivity contribution in [2.45, 2.75) is 25.0 Å². The van der Waals surface area contributed by atoms with E-state index < -0.39 is 36.0 Å². The van der Waals surface area contributed by atoms with E-state index in [0.29, 0.717) is 22.2 Å². The lowest BCUT2D eigenvalue weighted by Crippen LogP contribution is -2.63. The maximum absolute atomic E-state index is 13.3. The summed E-state index contributed by atoms with van der Waals surface area (Å²) in [7, 11) is 5.90. The lowest BCUT2D eigenvalue weighted by Gasteiger charge is -2.36. The number of amides is 3. The first-order valence-corrected chi connectivity index (χ1v) is 12.9. The van der Waals surface area contributed by atoms with Crippen LogP contribution in [-0.4, -0.2) is 85.8 Å². The predicted octanol–water partition coefficient (Wildman–Crippen LogP) is 1.24. The number of likely N-dealkylation sites (N-methyl/N-ethyl adjacent to an activating group) is 2. The average Bonchev–Trinajstić information content (AvgIpc) is 3.37. The number of rotatable bonds is 7. The highest BCUT2D eigenvalue weighted by Crippen LogP contribution is 2.46. The van der Waals surface area contributed by atoms with Gasteiger partial charge in [0.2, 0.25) is 5.88 Å². The van der Waals surface area contributed by atoms with Crippen molar-refractivity contribution in [3.8, 4) is 17.6 Å². The van der Waals surface area contributed by atoms with Gasteiger partial charge in [-0.2, -0.15) is 5.26 Å². The zero-order valence-electron chi connectivity index (χ0n) is 22.0. The molecule has 3 heterocycles. The number of esters is 1. The normalized spacial score (nSPS) is 22.6. The summed E-state index contributed by atoms with van der Waals surface area (Å²) in [6.45, 7) is 1.75. The van der Waals surface area contributed by atoms with Crippen LogP contribution in [0.3, 0.4) is 0 Å². The summed E-state index contributed by atoms with van der Waals surface area (Å²) in [6.07, 6.45) is -0.710. The fraction of sp³-hybridized carbons (Fsp3) is 0.400. The second-order valence-electron chi connectivity index (χ2n) is 8.61. The summed E-state index contributed by atoms with van der Waals surface area (Å²) in [4.78, 5) is 45.2. The van der Waals surface area contributed by atoms with E-state index in [1.807, 2.05) is 0 Å². The van der Waals surface area contributed by atoms with Gasteiger partial charge in [0.05, 0.1) is 38.1 Å². The Bertz CT molecular complexity index is 1350. The number of thioether (sulfide) groups is 1. The van der Waals surface area contributed by atoms with Crippen LogP contribution in [0.1, 0.15) is 18.4 Å². The Morgan fingerprint density at radius 2 is 2.03 bits per heavy atom. The molecule has 1 aromatic rings. The Kier molecular flexibility index (Phi) is 7.91. The highest BCUT2D eigenvalue weighted by Gasteiger charge is 2.47. The zero-order chi connectivity index (χ0) is 28.4. The third kappa shape index (κ3) is 4.81. The number of hydrogen-bond acceptors (Lipinski definition) is 12. The molecule has 3 N–H and O–H groups in total. The van der Waals surface area contributed by atoms with Gasteiger partial charge < -0.3 is 34.9 Å². The molecule has 3 amide bonds. The third-order valence-corrected chi connectivity index (χ3v) is 7.39. The Balaban J connectivity index is 1.74. The molecule has 39 heavy (non-hydrogen) atoms. The third-order valence-electron chi connectivity index (χ3n) is 6.49. The van der Waals surface area contributed by atoms with E-state index in [9.17, 15) is 19.6 Å². The van der Waals surface area contributed by atoms with E-state index in [1.54, 1.807) is 32.2 Å². The fourth-order valence-electron chi connectivity index (χ4n) is 4.61. The number of amidine groups is 1. The van der Waals surface area contributed by atoms with Crippen molar-refractivity contribution in [3.63, 3.8) is 0 Å².